The zero-order valence-corrected chi connectivity index (χ0v) is 20.1. The van der Waals surface area contributed by atoms with Gasteiger partial charge in [-0.2, -0.15) is 0 Å². The van der Waals surface area contributed by atoms with Gasteiger partial charge in [-0.3, -0.25) is 4.79 Å². The van der Waals surface area contributed by atoms with Crippen LogP contribution in [0.25, 0.3) is 10.9 Å². The minimum Gasteiger partial charge on any atom is -0.465 e. The Balaban J connectivity index is 1.51. The van der Waals surface area contributed by atoms with Crippen LogP contribution >= 0.6 is 23.1 Å². The highest BCUT2D eigenvalue weighted by Crippen LogP contribution is 2.32. The molecule has 0 fully saturated rings. The Hall–Kier alpha value is -3.24. The number of methoxy groups -OCH3 is 1. The van der Waals surface area contributed by atoms with Gasteiger partial charge in [0, 0.05) is 5.69 Å². The molecule has 10 heteroatoms. The van der Waals surface area contributed by atoms with E-state index in [-0.39, 0.29) is 5.56 Å². The predicted molar refractivity (Wildman–Crippen MR) is 132 cm³/mol. The van der Waals surface area contributed by atoms with E-state index in [2.05, 4.69) is 57.5 Å². The van der Waals surface area contributed by atoms with Crippen molar-refractivity contribution < 1.29 is 9.53 Å². The number of carbonyl (C=O) groups is 1. The standard InChI is InChI=1S/C23H23N5O3S2/c1-4-13-7-6-8-14(5-2)19(13)26-22-27-28-23(33-22)32-12-18-24-17-11-15(21(30)31-3)9-10-16(17)20(29)25-18/h6-11H,4-5,12H2,1-3H3,(H,26,27)(H,24,25,29). The van der Waals surface area contributed by atoms with Crippen LogP contribution in [0.1, 0.15) is 41.2 Å². The largest absolute Gasteiger partial charge is 0.465 e. The van der Waals surface area contributed by atoms with Gasteiger partial charge in [0.05, 0.1) is 29.3 Å². The molecule has 170 valence electrons. The molecule has 2 aromatic carbocycles. The van der Waals surface area contributed by atoms with Gasteiger partial charge in [0.1, 0.15) is 5.82 Å². The summed E-state index contributed by atoms with van der Waals surface area (Å²) in [5, 5.41) is 13.1. The van der Waals surface area contributed by atoms with E-state index in [0.717, 1.165) is 28.0 Å². The molecule has 0 aliphatic carbocycles. The van der Waals surface area contributed by atoms with Crippen molar-refractivity contribution in [2.24, 2.45) is 0 Å². The van der Waals surface area contributed by atoms with E-state index in [4.69, 9.17) is 4.74 Å². The van der Waals surface area contributed by atoms with Crippen LogP contribution in [0.3, 0.4) is 0 Å². The van der Waals surface area contributed by atoms with Crippen molar-refractivity contribution in [3.05, 3.63) is 69.3 Å². The van der Waals surface area contributed by atoms with E-state index in [1.165, 1.54) is 41.3 Å². The van der Waals surface area contributed by atoms with Crippen LogP contribution in [0.5, 0.6) is 0 Å². The van der Waals surface area contributed by atoms with E-state index in [1.807, 2.05) is 0 Å². The number of rotatable bonds is 8. The summed E-state index contributed by atoms with van der Waals surface area (Å²) in [6, 6.07) is 11.0. The van der Waals surface area contributed by atoms with E-state index < -0.39 is 5.97 Å². The average Bonchev–Trinajstić information content (AvgIpc) is 3.29. The van der Waals surface area contributed by atoms with Crippen molar-refractivity contribution >= 4 is 50.8 Å². The maximum absolute atomic E-state index is 12.4. The lowest BCUT2D eigenvalue weighted by Gasteiger charge is -2.13. The Bertz CT molecular complexity index is 1340. The summed E-state index contributed by atoms with van der Waals surface area (Å²) in [7, 11) is 1.31. The quantitative estimate of drug-likeness (QED) is 0.275. The van der Waals surface area contributed by atoms with Gasteiger partial charge >= 0.3 is 5.97 Å². The smallest absolute Gasteiger partial charge is 0.337 e. The van der Waals surface area contributed by atoms with Crippen LogP contribution in [-0.4, -0.2) is 33.2 Å². The second-order valence-electron chi connectivity index (χ2n) is 7.18. The van der Waals surface area contributed by atoms with Crippen molar-refractivity contribution in [3.63, 3.8) is 0 Å². The first-order valence-electron chi connectivity index (χ1n) is 10.5. The molecule has 0 saturated heterocycles. The van der Waals surface area contributed by atoms with Gasteiger partial charge in [0.25, 0.3) is 5.56 Å². The number of hydrogen-bond donors (Lipinski definition) is 2. The summed E-state index contributed by atoms with van der Waals surface area (Å²) in [5.41, 5.74) is 4.11. The molecule has 8 nitrogen and oxygen atoms in total. The third-order valence-corrected chi connectivity index (χ3v) is 7.13. The Morgan fingerprint density at radius 3 is 2.61 bits per heavy atom. The number of nitrogens with one attached hydrogen (secondary N) is 2. The predicted octanol–water partition coefficient (Wildman–Crippen LogP) is 4.72. The summed E-state index contributed by atoms with van der Waals surface area (Å²) in [4.78, 5) is 31.5. The summed E-state index contributed by atoms with van der Waals surface area (Å²) >= 11 is 2.89. The van der Waals surface area contributed by atoms with Gasteiger partial charge in [-0.05, 0) is 42.2 Å². The van der Waals surface area contributed by atoms with Gasteiger partial charge in [-0.25, -0.2) is 9.78 Å². The number of H-pyrrole nitrogens is 1. The number of aromatic amines is 1. The molecule has 0 unspecified atom stereocenters. The fourth-order valence-corrected chi connectivity index (χ4v) is 5.09. The number of para-hydroxylation sites is 1. The lowest BCUT2D eigenvalue weighted by Crippen LogP contribution is -2.12. The first-order valence-corrected chi connectivity index (χ1v) is 12.3. The van der Waals surface area contributed by atoms with Crippen LogP contribution in [0.4, 0.5) is 10.8 Å². The van der Waals surface area contributed by atoms with Gasteiger partial charge < -0.3 is 15.0 Å². The third kappa shape index (κ3) is 5.07. The van der Waals surface area contributed by atoms with E-state index in [9.17, 15) is 9.59 Å². The summed E-state index contributed by atoms with van der Waals surface area (Å²) in [6.07, 6.45) is 1.85. The van der Waals surface area contributed by atoms with E-state index in [0.29, 0.717) is 28.0 Å². The number of aromatic nitrogens is 4. The van der Waals surface area contributed by atoms with Crippen molar-refractivity contribution in [2.75, 3.05) is 12.4 Å². The van der Waals surface area contributed by atoms with Gasteiger partial charge in [0.2, 0.25) is 5.13 Å². The molecule has 4 rings (SSSR count). The molecule has 0 aliphatic heterocycles. The maximum Gasteiger partial charge on any atom is 0.337 e. The Kier molecular flexibility index (Phi) is 7.05. The second-order valence-corrected chi connectivity index (χ2v) is 9.38. The number of hydrogen-bond acceptors (Lipinski definition) is 9. The molecule has 0 radical (unpaired) electrons. The summed E-state index contributed by atoms with van der Waals surface area (Å²) < 4.78 is 5.51. The molecule has 0 atom stereocenters. The van der Waals surface area contributed by atoms with Crippen LogP contribution in [0, 0.1) is 0 Å². The number of fused-ring (bicyclic) bond motifs is 1. The Morgan fingerprint density at radius 2 is 1.91 bits per heavy atom. The first-order chi connectivity index (χ1) is 16.0. The van der Waals surface area contributed by atoms with Crippen LogP contribution in [0.2, 0.25) is 0 Å². The summed E-state index contributed by atoms with van der Waals surface area (Å²) in [5.74, 6) is 0.432. The molecule has 4 aromatic rings. The molecule has 0 bridgehead atoms. The topological polar surface area (TPSA) is 110 Å². The van der Waals surface area contributed by atoms with Crippen molar-refractivity contribution in [3.8, 4) is 0 Å². The molecule has 33 heavy (non-hydrogen) atoms. The highest BCUT2D eigenvalue weighted by molar-refractivity contribution is 8.00. The molecule has 2 aromatic heterocycles. The third-order valence-electron chi connectivity index (χ3n) is 5.15. The molecule has 0 spiro atoms. The fourth-order valence-electron chi connectivity index (χ4n) is 3.46. The number of ether oxygens (including phenoxy) is 1. The highest BCUT2D eigenvalue weighted by Gasteiger charge is 2.13. The Morgan fingerprint density at radius 1 is 1.15 bits per heavy atom. The minimum absolute atomic E-state index is 0.255. The first kappa shape index (κ1) is 22.9. The van der Waals surface area contributed by atoms with Crippen molar-refractivity contribution in [2.45, 2.75) is 36.8 Å². The van der Waals surface area contributed by atoms with Gasteiger partial charge in [0.15, 0.2) is 4.34 Å². The lowest BCUT2D eigenvalue weighted by molar-refractivity contribution is 0.0601. The Labute approximate surface area is 198 Å². The normalized spacial score (nSPS) is 11.0. The van der Waals surface area contributed by atoms with Gasteiger partial charge in [-0.15, -0.1) is 10.2 Å². The van der Waals surface area contributed by atoms with Crippen molar-refractivity contribution in [1.82, 2.24) is 20.2 Å². The van der Waals surface area contributed by atoms with Crippen LogP contribution < -0.4 is 10.9 Å². The van der Waals surface area contributed by atoms with Crippen LogP contribution in [-0.2, 0) is 23.3 Å². The molecule has 0 aliphatic rings. The lowest BCUT2D eigenvalue weighted by atomic mass is 10.0. The van der Waals surface area contributed by atoms with Crippen LogP contribution in [0.15, 0.2) is 45.5 Å². The van der Waals surface area contributed by atoms with Crippen molar-refractivity contribution in [1.29, 1.82) is 0 Å². The number of carbonyl (C=O) groups excluding carboxylic acids is 1. The van der Waals surface area contributed by atoms with Gasteiger partial charge in [-0.1, -0.05) is 55.1 Å². The minimum atomic E-state index is -0.473. The zero-order valence-electron chi connectivity index (χ0n) is 18.5. The SMILES string of the molecule is CCc1cccc(CC)c1Nc1nnc(SCc2nc3cc(C(=O)OC)ccc3c(=O)[nH]2)s1. The summed E-state index contributed by atoms with van der Waals surface area (Å²) in [6.45, 7) is 4.26. The average molecular weight is 482 g/mol. The van der Waals surface area contributed by atoms with E-state index >= 15 is 0 Å². The molecule has 0 saturated carbocycles. The fraction of sp³-hybridized carbons (Fsp3) is 0.261. The number of anilines is 2. The zero-order chi connectivity index (χ0) is 23.4. The molecular formula is C23H23N5O3S2. The highest BCUT2D eigenvalue weighted by atomic mass is 32.2. The number of esters is 1. The molecule has 2 N–H and O–H groups in total. The number of nitrogens with zero attached hydrogens (tertiary/aromatic N) is 3. The molecular weight excluding hydrogens is 458 g/mol. The number of benzene rings is 2. The number of aryl methyl sites for hydroxylation is 2. The molecule has 0 amide bonds. The monoisotopic (exact) mass is 481 g/mol. The molecule has 2 heterocycles. The van der Waals surface area contributed by atoms with E-state index in [1.54, 1.807) is 18.2 Å². The second kappa shape index (κ2) is 10.1. The maximum atomic E-state index is 12.4. The number of thioether (sulfide) groups is 1.